The van der Waals surface area contributed by atoms with Gasteiger partial charge in [0.15, 0.2) is 0 Å². The van der Waals surface area contributed by atoms with E-state index in [4.69, 9.17) is 4.74 Å². The van der Waals surface area contributed by atoms with Gasteiger partial charge in [0.2, 0.25) is 5.88 Å². The molecule has 10 nitrogen and oxygen atoms in total. The molecule has 1 aliphatic heterocycles. The number of hydrogen-bond acceptors (Lipinski definition) is 7. The number of hydrogen-bond donors (Lipinski definition) is 2. The van der Waals surface area contributed by atoms with E-state index in [0.717, 1.165) is 5.56 Å². The Balaban J connectivity index is 1.45. The van der Waals surface area contributed by atoms with E-state index in [-0.39, 0.29) is 48.3 Å². The second-order valence-electron chi connectivity index (χ2n) is 11.4. The third kappa shape index (κ3) is 7.47. The maximum atomic E-state index is 13.6. The van der Waals surface area contributed by atoms with Crippen LogP contribution in [0.25, 0.3) is 11.1 Å². The topological polar surface area (TPSA) is 115 Å². The molecular formula is C32H36F3N5O5. The molecule has 0 unspecified atom stereocenters. The van der Waals surface area contributed by atoms with Gasteiger partial charge in [-0.1, -0.05) is 6.42 Å². The summed E-state index contributed by atoms with van der Waals surface area (Å²) in [6.45, 7) is 1.23. The SMILES string of the molecule is CCOc1cc(-c2ccc(OC(F)F)cc2C(=O)N2CC(F)C2)cc(NC(=O)c2cc(CN[C@@H](C)C3CCC3)cn(C)c2=O)n1. The summed E-state index contributed by atoms with van der Waals surface area (Å²) in [6.07, 6.45) is 4.12. The predicted molar refractivity (Wildman–Crippen MR) is 162 cm³/mol. The number of rotatable bonds is 12. The second kappa shape index (κ2) is 13.7. The molecule has 0 radical (unpaired) electrons. The van der Waals surface area contributed by atoms with Gasteiger partial charge in [0.25, 0.3) is 17.4 Å². The Bertz CT molecular complexity index is 1620. The molecule has 1 aliphatic carbocycles. The lowest BCUT2D eigenvalue weighted by molar-refractivity contribution is -0.0499. The lowest BCUT2D eigenvalue weighted by atomic mass is 9.80. The van der Waals surface area contributed by atoms with Crippen molar-refractivity contribution in [3.63, 3.8) is 0 Å². The van der Waals surface area contributed by atoms with Crippen molar-refractivity contribution in [2.75, 3.05) is 25.0 Å². The van der Waals surface area contributed by atoms with Crippen LogP contribution < -0.4 is 25.7 Å². The maximum absolute atomic E-state index is 13.6. The van der Waals surface area contributed by atoms with E-state index in [2.05, 4.69) is 27.3 Å². The third-order valence-corrected chi connectivity index (χ3v) is 8.19. The quantitative estimate of drug-likeness (QED) is 0.297. The number of benzene rings is 1. The van der Waals surface area contributed by atoms with E-state index in [1.54, 1.807) is 26.2 Å². The standard InChI is InChI=1S/C32H36F3N5O5/c1-4-44-28-12-21(24-9-8-23(45-32(34)35)13-25(24)31(43)40-16-22(33)17-40)11-27(37-28)38-29(41)26-10-19(15-39(3)30(26)42)14-36-18(2)20-6-5-7-20/h8-13,15,18,20,22,32,36H,4-7,14,16-17H2,1-3H3,(H,37,38,41)/t18-/m0/s1. The minimum absolute atomic E-state index is 0.00354. The first-order valence-electron chi connectivity index (χ1n) is 14.9. The summed E-state index contributed by atoms with van der Waals surface area (Å²) in [6, 6.07) is 8.74. The van der Waals surface area contributed by atoms with Gasteiger partial charge in [-0.25, -0.2) is 4.39 Å². The van der Waals surface area contributed by atoms with Crippen LogP contribution in [0.1, 0.15) is 59.4 Å². The Morgan fingerprint density at radius 3 is 2.51 bits per heavy atom. The first-order valence-corrected chi connectivity index (χ1v) is 14.9. The second-order valence-corrected chi connectivity index (χ2v) is 11.4. The zero-order valence-electron chi connectivity index (χ0n) is 25.3. The molecule has 240 valence electrons. The average Bonchev–Trinajstić information content (AvgIpc) is 2.94. The number of pyridine rings is 2. The Morgan fingerprint density at radius 2 is 1.87 bits per heavy atom. The van der Waals surface area contributed by atoms with Crippen molar-refractivity contribution < 1.29 is 32.2 Å². The highest BCUT2D eigenvalue weighted by atomic mass is 19.3. The number of likely N-dealkylation sites (tertiary alicyclic amines) is 1. The molecule has 2 N–H and O–H groups in total. The molecule has 3 heterocycles. The molecule has 2 amide bonds. The van der Waals surface area contributed by atoms with Crippen molar-refractivity contribution in [3.05, 3.63) is 69.6 Å². The van der Waals surface area contributed by atoms with Crippen LogP contribution in [-0.2, 0) is 13.6 Å². The van der Waals surface area contributed by atoms with E-state index in [1.807, 2.05) is 0 Å². The number of halogens is 3. The molecule has 45 heavy (non-hydrogen) atoms. The van der Waals surface area contributed by atoms with Crippen LogP contribution in [0.2, 0.25) is 0 Å². The first-order chi connectivity index (χ1) is 21.5. The summed E-state index contributed by atoms with van der Waals surface area (Å²) in [4.78, 5) is 45.3. The first kappa shape index (κ1) is 32.0. The number of ether oxygens (including phenoxy) is 2. The molecule has 0 spiro atoms. The zero-order chi connectivity index (χ0) is 32.2. The molecule has 2 aromatic heterocycles. The van der Waals surface area contributed by atoms with Gasteiger partial charge in [0.1, 0.15) is 23.3 Å². The highest BCUT2D eigenvalue weighted by Gasteiger charge is 2.33. The fraction of sp³-hybridized carbons (Fsp3) is 0.438. The van der Waals surface area contributed by atoms with Gasteiger partial charge in [-0.3, -0.25) is 14.4 Å². The van der Waals surface area contributed by atoms with Gasteiger partial charge >= 0.3 is 6.61 Å². The normalized spacial score (nSPS) is 15.8. The molecule has 1 saturated carbocycles. The van der Waals surface area contributed by atoms with Gasteiger partial charge in [0, 0.05) is 31.9 Å². The Labute approximate surface area is 258 Å². The Morgan fingerprint density at radius 1 is 1.11 bits per heavy atom. The largest absolute Gasteiger partial charge is 0.478 e. The summed E-state index contributed by atoms with van der Waals surface area (Å²) in [5.41, 5.74) is 0.849. The zero-order valence-corrected chi connectivity index (χ0v) is 25.3. The molecule has 1 aromatic carbocycles. The number of nitrogens with zero attached hydrogens (tertiary/aromatic N) is 3. The smallest absolute Gasteiger partial charge is 0.387 e. The van der Waals surface area contributed by atoms with E-state index in [0.29, 0.717) is 29.6 Å². The lowest BCUT2D eigenvalue weighted by Crippen LogP contribution is -2.51. The molecule has 5 rings (SSSR count). The molecule has 2 fully saturated rings. The van der Waals surface area contributed by atoms with Crippen molar-refractivity contribution in [1.82, 2.24) is 19.8 Å². The molecular weight excluding hydrogens is 591 g/mol. The highest BCUT2D eigenvalue weighted by Crippen LogP contribution is 2.34. The number of amides is 2. The molecule has 2 aliphatic rings. The van der Waals surface area contributed by atoms with E-state index >= 15 is 0 Å². The number of aromatic nitrogens is 2. The molecule has 3 aromatic rings. The summed E-state index contributed by atoms with van der Waals surface area (Å²) in [7, 11) is 1.58. The number of nitrogens with one attached hydrogen (secondary N) is 2. The highest BCUT2D eigenvalue weighted by molar-refractivity contribution is 6.05. The van der Waals surface area contributed by atoms with E-state index in [1.165, 1.54) is 59.1 Å². The summed E-state index contributed by atoms with van der Waals surface area (Å²) >= 11 is 0. The van der Waals surface area contributed by atoms with Gasteiger partial charge < -0.3 is 29.6 Å². The number of aryl methyl sites for hydroxylation is 1. The summed E-state index contributed by atoms with van der Waals surface area (Å²) < 4.78 is 51.0. The number of carbonyl (C=O) groups is 2. The van der Waals surface area contributed by atoms with Crippen molar-refractivity contribution in [2.45, 2.75) is 58.5 Å². The maximum Gasteiger partial charge on any atom is 0.387 e. The van der Waals surface area contributed by atoms with E-state index in [9.17, 15) is 27.6 Å². The van der Waals surface area contributed by atoms with Gasteiger partial charge in [0.05, 0.1) is 25.3 Å². The van der Waals surface area contributed by atoms with Crippen LogP contribution in [0, 0.1) is 5.92 Å². The minimum atomic E-state index is -3.11. The average molecular weight is 628 g/mol. The third-order valence-electron chi connectivity index (χ3n) is 8.19. The van der Waals surface area contributed by atoms with Crippen LogP contribution in [0.15, 0.2) is 47.4 Å². The van der Waals surface area contributed by atoms with Crippen molar-refractivity contribution in [1.29, 1.82) is 0 Å². The van der Waals surface area contributed by atoms with Crippen LogP contribution in [0.4, 0.5) is 19.0 Å². The van der Waals surface area contributed by atoms with Crippen molar-refractivity contribution in [3.8, 4) is 22.8 Å². The van der Waals surface area contributed by atoms with Gasteiger partial charge in [-0.15, -0.1) is 0 Å². The minimum Gasteiger partial charge on any atom is -0.478 e. The number of anilines is 1. The number of carbonyl (C=O) groups excluding carboxylic acids is 2. The van der Waals surface area contributed by atoms with Crippen LogP contribution >= 0.6 is 0 Å². The Kier molecular flexibility index (Phi) is 9.76. The van der Waals surface area contributed by atoms with Gasteiger partial charge in [-0.2, -0.15) is 13.8 Å². The fourth-order valence-corrected chi connectivity index (χ4v) is 5.45. The van der Waals surface area contributed by atoms with Crippen molar-refractivity contribution in [2.24, 2.45) is 13.0 Å². The molecule has 1 saturated heterocycles. The number of alkyl halides is 3. The Hall–Kier alpha value is -4.39. The monoisotopic (exact) mass is 627 g/mol. The van der Waals surface area contributed by atoms with Gasteiger partial charge in [-0.05, 0) is 79.6 Å². The van der Waals surface area contributed by atoms with E-state index < -0.39 is 30.2 Å². The molecule has 13 heteroatoms. The lowest BCUT2D eigenvalue weighted by Gasteiger charge is -2.34. The molecule has 1 atom stereocenters. The fourth-order valence-electron chi connectivity index (χ4n) is 5.45. The van der Waals surface area contributed by atoms with Crippen LogP contribution in [0.3, 0.4) is 0 Å². The summed E-state index contributed by atoms with van der Waals surface area (Å²) in [5, 5.41) is 6.15. The van der Waals surface area contributed by atoms with Crippen molar-refractivity contribution >= 4 is 17.6 Å². The molecule has 0 bridgehead atoms. The summed E-state index contributed by atoms with van der Waals surface area (Å²) in [5.74, 6) is -0.741. The van der Waals surface area contributed by atoms with Crippen LogP contribution in [-0.4, -0.2) is 64.8 Å². The predicted octanol–water partition coefficient (Wildman–Crippen LogP) is 4.77. The van der Waals surface area contributed by atoms with Crippen LogP contribution in [0.5, 0.6) is 11.6 Å².